The Hall–Kier alpha value is -3.91. The van der Waals surface area contributed by atoms with Crippen LogP contribution in [0.2, 0.25) is 0 Å². The summed E-state index contributed by atoms with van der Waals surface area (Å²) in [6.07, 6.45) is 1.72. The van der Waals surface area contributed by atoms with Gasteiger partial charge in [0.15, 0.2) is 16.7 Å². The van der Waals surface area contributed by atoms with Crippen LogP contribution in [0.1, 0.15) is 53.8 Å². The van der Waals surface area contributed by atoms with Crippen molar-refractivity contribution >= 4 is 38.4 Å². The lowest BCUT2D eigenvalue weighted by Gasteiger charge is -2.24. The fraction of sp³-hybridized carbons (Fsp3) is 0.250. The molecule has 0 bridgehead atoms. The molecule has 1 N–H and O–H groups in total. The number of rotatable bonds is 8. The van der Waals surface area contributed by atoms with E-state index in [2.05, 4.69) is 13.0 Å². The minimum Gasteiger partial charge on any atom is -0.503 e. The maximum absolute atomic E-state index is 13.6. The van der Waals surface area contributed by atoms with Crippen LogP contribution in [0.25, 0.3) is 10.2 Å². The number of carbonyl (C=O) groups is 2. The number of aliphatic hydroxyl groups excluding tert-OH is 1. The highest BCUT2D eigenvalue weighted by Crippen LogP contribution is 2.45. The largest absolute Gasteiger partial charge is 0.503 e. The summed E-state index contributed by atoms with van der Waals surface area (Å²) >= 11 is 1.35. The van der Waals surface area contributed by atoms with Gasteiger partial charge in [-0.3, -0.25) is 14.5 Å². The highest BCUT2D eigenvalue weighted by molar-refractivity contribution is 7.22. The molecule has 7 nitrogen and oxygen atoms in total. The summed E-state index contributed by atoms with van der Waals surface area (Å²) in [6.45, 7) is 6.36. The number of ether oxygens (including phenoxy) is 1. The third kappa shape index (κ3) is 4.18. The molecule has 2 aromatic carbocycles. The zero-order valence-electron chi connectivity index (χ0n) is 20.3. The van der Waals surface area contributed by atoms with Crippen LogP contribution in [-0.4, -0.2) is 28.4 Å². The molecule has 8 heteroatoms. The van der Waals surface area contributed by atoms with E-state index in [0.29, 0.717) is 28.8 Å². The van der Waals surface area contributed by atoms with Crippen LogP contribution in [0.15, 0.2) is 70.3 Å². The second-order valence-electron chi connectivity index (χ2n) is 8.65. The summed E-state index contributed by atoms with van der Waals surface area (Å²) in [5.41, 5.74) is 2.49. The monoisotopic (exact) mass is 502 g/mol. The lowest BCUT2D eigenvalue weighted by Crippen LogP contribution is -2.31. The highest BCUT2D eigenvalue weighted by Gasteiger charge is 2.46. The third-order valence-corrected chi connectivity index (χ3v) is 7.14. The molecule has 0 fully saturated rings. The normalized spacial score (nSPS) is 15.8. The minimum atomic E-state index is -0.896. The molecular weight excluding hydrogens is 476 g/mol. The van der Waals surface area contributed by atoms with Gasteiger partial charge in [-0.15, -0.1) is 0 Å². The molecule has 1 amide bonds. The topological polar surface area (TPSA) is 92.9 Å². The van der Waals surface area contributed by atoms with E-state index in [1.165, 1.54) is 16.2 Å². The Kier molecular flexibility index (Phi) is 6.36. The summed E-state index contributed by atoms with van der Waals surface area (Å²) in [5, 5.41) is 11.4. The molecule has 36 heavy (non-hydrogen) atoms. The van der Waals surface area contributed by atoms with E-state index in [9.17, 15) is 14.7 Å². The number of furan rings is 1. The molecule has 0 radical (unpaired) electrons. The van der Waals surface area contributed by atoms with E-state index in [-0.39, 0.29) is 11.3 Å². The molecule has 1 atom stereocenters. The number of ketones is 1. The van der Waals surface area contributed by atoms with Crippen molar-refractivity contribution in [3.05, 3.63) is 88.6 Å². The van der Waals surface area contributed by atoms with Crippen LogP contribution in [-0.2, 0) is 11.2 Å². The average Bonchev–Trinajstić information content (AvgIpc) is 3.58. The number of hydrogen-bond donors (Lipinski definition) is 1. The van der Waals surface area contributed by atoms with E-state index >= 15 is 0 Å². The number of fused-ring (bicyclic) bond motifs is 1. The Bertz CT molecular complexity index is 1500. The molecular formula is C28H26N2O5S. The maximum atomic E-state index is 13.6. The molecule has 3 heterocycles. The van der Waals surface area contributed by atoms with Gasteiger partial charge in [-0.1, -0.05) is 43.4 Å². The fourth-order valence-corrected chi connectivity index (χ4v) is 5.37. The predicted octanol–water partition coefficient (Wildman–Crippen LogP) is 6.33. The van der Waals surface area contributed by atoms with Crippen molar-refractivity contribution in [3.63, 3.8) is 0 Å². The average molecular weight is 503 g/mol. The highest BCUT2D eigenvalue weighted by atomic mass is 32.1. The third-order valence-electron chi connectivity index (χ3n) is 6.12. The molecule has 0 aliphatic carbocycles. The Morgan fingerprint density at radius 1 is 1.17 bits per heavy atom. The Balaban J connectivity index is 1.65. The van der Waals surface area contributed by atoms with E-state index in [1.807, 2.05) is 37.3 Å². The first kappa shape index (κ1) is 23.8. The smallest absolute Gasteiger partial charge is 0.296 e. The predicted molar refractivity (Wildman–Crippen MR) is 139 cm³/mol. The van der Waals surface area contributed by atoms with Crippen LogP contribution >= 0.6 is 11.3 Å². The molecule has 184 valence electrons. The summed E-state index contributed by atoms with van der Waals surface area (Å²) in [5.74, 6) is -0.594. The van der Waals surface area contributed by atoms with Crippen molar-refractivity contribution in [1.29, 1.82) is 0 Å². The molecule has 2 aromatic heterocycles. The van der Waals surface area contributed by atoms with Crippen LogP contribution in [0.4, 0.5) is 5.13 Å². The zero-order valence-corrected chi connectivity index (χ0v) is 21.1. The first-order valence-electron chi connectivity index (χ1n) is 11.9. The number of anilines is 1. The number of carbonyl (C=O) groups excluding carboxylic acids is 2. The number of Topliss-reactive ketones (excluding diaryl/α,β-unsaturated/α-hetero) is 1. The van der Waals surface area contributed by atoms with E-state index in [4.69, 9.17) is 14.1 Å². The lowest BCUT2D eigenvalue weighted by atomic mass is 9.95. The molecule has 1 aliphatic heterocycles. The van der Waals surface area contributed by atoms with Crippen molar-refractivity contribution in [2.75, 3.05) is 11.5 Å². The number of aliphatic hydroxyl groups is 1. The van der Waals surface area contributed by atoms with Crippen LogP contribution < -0.4 is 9.64 Å². The molecule has 0 saturated carbocycles. The van der Waals surface area contributed by atoms with Crippen LogP contribution in [0.5, 0.6) is 5.75 Å². The quantitative estimate of drug-likeness (QED) is 0.283. The number of hydrogen-bond acceptors (Lipinski definition) is 7. The van der Waals surface area contributed by atoms with Crippen molar-refractivity contribution < 1.29 is 23.8 Å². The van der Waals surface area contributed by atoms with Gasteiger partial charge in [0.05, 0.1) is 28.4 Å². The Morgan fingerprint density at radius 2 is 2.00 bits per heavy atom. The summed E-state index contributed by atoms with van der Waals surface area (Å²) in [7, 11) is 0. The lowest BCUT2D eigenvalue weighted by molar-refractivity contribution is -0.117. The minimum absolute atomic E-state index is 0.0458. The summed E-state index contributed by atoms with van der Waals surface area (Å²) in [6, 6.07) is 15.5. The van der Waals surface area contributed by atoms with Gasteiger partial charge in [-0.25, -0.2) is 4.98 Å². The van der Waals surface area contributed by atoms with Gasteiger partial charge in [-0.2, -0.15) is 0 Å². The van der Waals surface area contributed by atoms with Gasteiger partial charge in [0.2, 0.25) is 5.78 Å². The molecule has 0 spiro atoms. The molecule has 4 aromatic rings. The second-order valence-corrected chi connectivity index (χ2v) is 9.66. The van der Waals surface area contributed by atoms with Gasteiger partial charge in [0.1, 0.15) is 11.5 Å². The van der Waals surface area contributed by atoms with E-state index in [1.54, 1.807) is 25.1 Å². The Labute approximate surface area is 212 Å². The van der Waals surface area contributed by atoms with Gasteiger partial charge in [-0.05, 0) is 67.3 Å². The van der Waals surface area contributed by atoms with Crippen molar-refractivity contribution in [1.82, 2.24) is 4.98 Å². The van der Waals surface area contributed by atoms with Crippen molar-refractivity contribution in [2.45, 2.75) is 39.7 Å². The van der Waals surface area contributed by atoms with Crippen molar-refractivity contribution in [3.8, 4) is 5.75 Å². The van der Waals surface area contributed by atoms with E-state index < -0.39 is 23.5 Å². The van der Waals surface area contributed by atoms with Crippen molar-refractivity contribution in [2.24, 2.45) is 0 Å². The molecule has 0 saturated heterocycles. The summed E-state index contributed by atoms with van der Waals surface area (Å²) < 4.78 is 12.3. The fourth-order valence-electron chi connectivity index (χ4n) is 4.31. The van der Waals surface area contributed by atoms with Crippen LogP contribution in [0.3, 0.4) is 0 Å². The number of aromatic nitrogens is 1. The second kappa shape index (κ2) is 9.62. The first-order valence-corrected chi connectivity index (χ1v) is 12.7. The van der Waals surface area contributed by atoms with E-state index in [0.717, 1.165) is 28.6 Å². The van der Waals surface area contributed by atoms with Gasteiger partial charge < -0.3 is 14.3 Å². The van der Waals surface area contributed by atoms with Gasteiger partial charge in [0.25, 0.3) is 5.91 Å². The first-order chi connectivity index (χ1) is 17.4. The standard InChI is InChI=1S/C28H26N2O5S/c1-4-13-34-19-8-6-7-18(15-19)24-23(25(31)21-12-9-16(3)35-21)26(32)27(33)30(24)28-29-20-11-10-17(5-2)14-22(20)36-28/h6-12,14-15,24,32H,4-5,13H2,1-3H3/t24-/m0/s1. The SMILES string of the molecule is CCCOc1cccc([C@H]2C(C(=O)c3ccc(C)o3)=C(O)C(=O)N2c2nc3ccc(CC)cc3s2)c1. The van der Waals surface area contributed by atoms with Gasteiger partial charge in [0, 0.05) is 0 Å². The number of thiazole rings is 1. The maximum Gasteiger partial charge on any atom is 0.296 e. The van der Waals surface area contributed by atoms with Crippen LogP contribution in [0, 0.1) is 6.92 Å². The molecule has 1 aliphatic rings. The molecule has 5 rings (SSSR count). The number of benzene rings is 2. The zero-order chi connectivity index (χ0) is 25.4. The number of aryl methyl sites for hydroxylation is 2. The number of amides is 1. The number of nitrogens with zero attached hydrogens (tertiary/aromatic N) is 2. The molecule has 0 unspecified atom stereocenters. The van der Waals surface area contributed by atoms with Gasteiger partial charge >= 0.3 is 0 Å². The Morgan fingerprint density at radius 3 is 2.72 bits per heavy atom. The summed E-state index contributed by atoms with van der Waals surface area (Å²) in [4.78, 5) is 33.1.